The molecular weight excluding hydrogens is 257 g/mol. The van der Waals surface area contributed by atoms with Gasteiger partial charge in [-0.2, -0.15) is 0 Å². The Hall–Kier alpha value is -0.417. The first-order valence-electron chi connectivity index (χ1n) is 4.98. The summed E-state index contributed by atoms with van der Waals surface area (Å²) < 4.78 is 0.470. The molecule has 0 fully saturated rings. The summed E-state index contributed by atoms with van der Waals surface area (Å²) in [6.07, 6.45) is 15.2. The summed E-state index contributed by atoms with van der Waals surface area (Å²) in [5.74, 6) is 0.737. The van der Waals surface area contributed by atoms with E-state index in [1.165, 1.54) is 16.5 Å². The molecule has 0 aromatic carbocycles. The van der Waals surface area contributed by atoms with Gasteiger partial charge in [-0.25, -0.2) is 0 Å². The Morgan fingerprint density at radius 2 is 1.79 bits per heavy atom. The van der Waals surface area contributed by atoms with Gasteiger partial charge in [0.25, 0.3) is 0 Å². The van der Waals surface area contributed by atoms with Crippen molar-refractivity contribution >= 4 is 0 Å². The predicted molar refractivity (Wildman–Crippen MR) is 59.1 cm³/mol. The van der Waals surface area contributed by atoms with Crippen molar-refractivity contribution < 1.29 is 16.0 Å². The molecule has 0 spiro atoms. The summed E-state index contributed by atoms with van der Waals surface area (Å²) >= 11 is -0.837. The van der Waals surface area contributed by atoms with E-state index in [1.807, 2.05) is 0 Å². The van der Waals surface area contributed by atoms with Gasteiger partial charge in [0.1, 0.15) is 0 Å². The minimum absolute atomic E-state index is 0.470. The summed E-state index contributed by atoms with van der Waals surface area (Å²) in [5, 5.41) is 2.47. The van der Waals surface area contributed by atoms with E-state index in [2.05, 4.69) is 49.6 Å². The van der Waals surface area contributed by atoms with Crippen LogP contribution >= 0.6 is 0 Å². The SMILES string of the molecule is C=C[CH2][Ru]([CH2]C=C)[C]12C=CC(C=C1)C2. The van der Waals surface area contributed by atoms with E-state index in [0.717, 1.165) is 5.92 Å². The molecule has 0 radical (unpaired) electrons. The average Bonchev–Trinajstić information content (AvgIpc) is 2.78. The standard InChI is InChI=1S/C7H7.2C3H5.Ru/c1-2-7-4-3-6(1)5-7;2*1-3-2;/h1-4,6H,5H2;2*3H,1-2H2;. The van der Waals surface area contributed by atoms with Gasteiger partial charge in [-0.3, -0.25) is 0 Å². The van der Waals surface area contributed by atoms with Crippen LogP contribution in [0.4, 0.5) is 0 Å². The van der Waals surface area contributed by atoms with Crippen LogP contribution in [-0.2, 0) is 16.0 Å². The molecule has 2 aliphatic carbocycles. The molecule has 77 valence electrons. The van der Waals surface area contributed by atoms with Crippen molar-refractivity contribution in [1.29, 1.82) is 0 Å². The molecule has 2 rings (SSSR count). The molecule has 0 nitrogen and oxygen atoms in total. The van der Waals surface area contributed by atoms with Crippen LogP contribution in [0.15, 0.2) is 49.6 Å². The van der Waals surface area contributed by atoms with E-state index in [9.17, 15) is 0 Å². The van der Waals surface area contributed by atoms with E-state index in [0.29, 0.717) is 4.01 Å². The van der Waals surface area contributed by atoms with Crippen molar-refractivity contribution in [3.8, 4) is 0 Å². The fourth-order valence-electron chi connectivity index (χ4n) is 2.15. The first-order valence-corrected chi connectivity index (χ1v) is 8.31. The van der Waals surface area contributed by atoms with Crippen LogP contribution in [0.3, 0.4) is 0 Å². The number of allylic oxidation sites excluding steroid dienone is 6. The molecule has 0 saturated carbocycles. The Balaban J connectivity index is 2.17. The average molecular weight is 274 g/mol. The number of fused-ring (bicyclic) bond motifs is 2. The maximum absolute atomic E-state index is 3.89. The van der Waals surface area contributed by atoms with Gasteiger partial charge in [0.05, 0.1) is 0 Å². The number of hydrogen-bond acceptors (Lipinski definition) is 0. The van der Waals surface area contributed by atoms with Crippen LogP contribution in [0.1, 0.15) is 6.42 Å². The van der Waals surface area contributed by atoms with Crippen LogP contribution < -0.4 is 0 Å². The van der Waals surface area contributed by atoms with Crippen LogP contribution in [0.5, 0.6) is 0 Å². The fraction of sp³-hybridized carbons (Fsp3) is 0.385. The summed E-state index contributed by atoms with van der Waals surface area (Å²) in [7, 11) is 0. The zero-order valence-electron chi connectivity index (χ0n) is 8.43. The van der Waals surface area contributed by atoms with Crippen molar-refractivity contribution in [3.63, 3.8) is 0 Å². The summed E-state index contributed by atoms with van der Waals surface area (Å²) in [6, 6.07) is 0. The third-order valence-corrected chi connectivity index (χ3v) is 8.73. The van der Waals surface area contributed by atoms with Gasteiger partial charge in [-0.15, -0.1) is 0 Å². The molecule has 14 heavy (non-hydrogen) atoms. The van der Waals surface area contributed by atoms with E-state index in [1.54, 1.807) is 0 Å². The topological polar surface area (TPSA) is 0 Å². The zero-order valence-corrected chi connectivity index (χ0v) is 10.2. The Morgan fingerprint density at radius 1 is 1.21 bits per heavy atom. The molecule has 0 aromatic rings. The molecule has 0 saturated heterocycles. The van der Waals surface area contributed by atoms with Gasteiger partial charge in [-0.05, 0) is 0 Å². The van der Waals surface area contributed by atoms with E-state index < -0.39 is 16.0 Å². The van der Waals surface area contributed by atoms with Crippen LogP contribution in [0.25, 0.3) is 0 Å². The van der Waals surface area contributed by atoms with Gasteiger partial charge in [0.2, 0.25) is 0 Å². The Morgan fingerprint density at radius 3 is 2.14 bits per heavy atom. The molecular formula is C13H17Ru. The second kappa shape index (κ2) is 3.99. The number of rotatable bonds is 5. The van der Waals surface area contributed by atoms with Gasteiger partial charge in [-0.1, -0.05) is 0 Å². The third kappa shape index (κ3) is 1.59. The molecule has 0 aliphatic heterocycles. The Labute approximate surface area is 92.0 Å². The number of hydrogen-bond donors (Lipinski definition) is 0. The fourth-order valence-corrected chi connectivity index (χ4v) is 7.04. The molecule has 2 aliphatic rings. The normalized spacial score (nSPS) is 33.4. The summed E-state index contributed by atoms with van der Waals surface area (Å²) in [5.41, 5.74) is 0. The van der Waals surface area contributed by atoms with Crippen LogP contribution in [-0.4, -0.2) is 0 Å². The molecule has 0 amide bonds. The van der Waals surface area contributed by atoms with E-state index >= 15 is 0 Å². The van der Waals surface area contributed by atoms with Gasteiger partial charge in [0, 0.05) is 0 Å². The quantitative estimate of drug-likeness (QED) is 0.522. The van der Waals surface area contributed by atoms with Gasteiger partial charge >= 0.3 is 91.9 Å². The maximum atomic E-state index is 3.89. The van der Waals surface area contributed by atoms with Crippen molar-refractivity contribution in [2.24, 2.45) is 5.92 Å². The zero-order chi connectivity index (χ0) is 10.0. The van der Waals surface area contributed by atoms with Crippen molar-refractivity contribution in [2.75, 3.05) is 0 Å². The minimum atomic E-state index is -0.837. The van der Waals surface area contributed by atoms with Gasteiger partial charge < -0.3 is 0 Å². The summed E-state index contributed by atoms with van der Waals surface area (Å²) in [4.78, 5) is 0. The molecule has 0 unspecified atom stereocenters. The van der Waals surface area contributed by atoms with Crippen LogP contribution in [0.2, 0.25) is 14.0 Å². The third-order valence-electron chi connectivity index (χ3n) is 2.79. The second-order valence-electron chi connectivity index (χ2n) is 3.78. The van der Waals surface area contributed by atoms with Crippen molar-refractivity contribution in [2.45, 2.75) is 20.5 Å². The monoisotopic (exact) mass is 275 g/mol. The van der Waals surface area contributed by atoms with Gasteiger partial charge in [0.15, 0.2) is 0 Å². The molecule has 0 aromatic heterocycles. The van der Waals surface area contributed by atoms with Crippen molar-refractivity contribution in [3.05, 3.63) is 49.6 Å². The molecule has 2 bridgehead atoms. The summed E-state index contributed by atoms with van der Waals surface area (Å²) in [6.45, 7) is 7.77. The first-order chi connectivity index (χ1) is 6.80. The second-order valence-corrected chi connectivity index (χ2v) is 8.92. The Bertz CT molecular complexity index is 274. The van der Waals surface area contributed by atoms with Crippen LogP contribution in [0, 0.1) is 5.92 Å². The van der Waals surface area contributed by atoms with E-state index in [-0.39, 0.29) is 0 Å². The molecule has 1 heteroatoms. The predicted octanol–water partition coefficient (Wildman–Crippen LogP) is 4.12. The molecule has 0 heterocycles. The molecule has 0 atom stereocenters. The first kappa shape index (κ1) is 10.1. The molecule has 0 N–H and O–H groups in total. The van der Waals surface area contributed by atoms with E-state index in [4.69, 9.17) is 0 Å². The van der Waals surface area contributed by atoms with Crippen molar-refractivity contribution in [1.82, 2.24) is 0 Å². The Kier molecular flexibility index (Phi) is 2.88.